The van der Waals surface area contributed by atoms with E-state index in [1.54, 1.807) is 0 Å². The monoisotopic (exact) mass is 201 g/mol. The van der Waals surface area contributed by atoms with Gasteiger partial charge >= 0.3 is 0 Å². The van der Waals surface area contributed by atoms with Crippen LogP contribution in [-0.2, 0) is 4.74 Å². The molecule has 84 valence electrons. The van der Waals surface area contributed by atoms with Crippen molar-refractivity contribution in [2.24, 2.45) is 0 Å². The Morgan fingerprint density at radius 2 is 2.36 bits per heavy atom. The van der Waals surface area contributed by atoms with Gasteiger partial charge in [-0.2, -0.15) is 0 Å². The number of aliphatic hydroxyl groups is 1. The summed E-state index contributed by atoms with van der Waals surface area (Å²) in [7, 11) is 1.93. The highest BCUT2D eigenvalue weighted by atomic mass is 16.5. The molecule has 2 N–H and O–H groups in total. The van der Waals surface area contributed by atoms with Crippen LogP contribution in [0, 0.1) is 0 Å². The standard InChI is InChI=1S/C11H23NO2/c1-3-7-14-10-5-4-6-11(8-10,9-13)12-2/h10,12-13H,3-9H2,1-2H3. The fourth-order valence-electron chi connectivity index (χ4n) is 2.18. The zero-order valence-corrected chi connectivity index (χ0v) is 9.38. The highest BCUT2D eigenvalue weighted by molar-refractivity contribution is 4.92. The zero-order chi connectivity index (χ0) is 10.4. The highest BCUT2D eigenvalue weighted by Crippen LogP contribution is 2.29. The minimum Gasteiger partial charge on any atom is -0.394 e. The van der Waals surface area contributed by atoms with Crippen molar-refractivity contribution in [3.8, 4) is 0 Å². The molecule has 0 heterocycles. The van der Waals surface area contributed by atoms with Gasteiger partial charge in [-0.1, -0.05) is 6.92 Å². The summed E-state index contributed by atoms with van der Waals surface area (Å²) in [5.74, 6) is 0. The van der Waals surface area contributed by atoms with Crippen molar-refractivity contribution in [2.45, 2.75) is 50.7 Å². The molecule has 2 unspecified atom stereocenters. The van der Waals surface area contributed by atoms with Crippen molar-refractivity contribution in [1.82, 2.24) is 5.32 Å². The number of nitrogens with one attached hydrogen (secondary N) is 1. The molecule has 1 rings (SSSR count). The van der Waals surface area contributed by atoms with Gasteiger partial charge in [0.15, 0.2) is 0 Å². The van der Waals surface area contributed by atoms with Crippen LogP contribution >= 0.6 is 0 Å². The van der Waals surface area contributed by atoms with E-state index in [2.05, 4.69) is 12.2 Å². The Bertz CT molecular complexity index is 157. The molecule has 0 aromatic heterocycles. The maximum atomic E-state index is 9.37. The van der Waals surface area contributed by atoms with Crippen LogP contribution in [-0.4, -0.2) is 37.0 Å². The van der Waals surface area contributed by atoms with Gasteiger partial charge in [-0.25, -0.2) is 0 Å². The molecule has 0 spiro atoms. The van der Waals surface area contributed by atoms with E-state index in [1.807, 2.05) is 7.05 Å². The third kappa shape index (κ3) is 2.94. The smallest absolute Gasteiger partial charge is 0.0614 e. The van der Waals surface area contributed by atoms with Gasteiger partial charge in [0.25, 0.3) is 0 Å². The molecule has 14 heavy (non-hydrogen) atoms. The quantitative estimate of drug-likeness (QED) is 0.704. The lowest BCUT2D eigenvalue weighted by Crippen LogP contribution is -2.51. The molecule has 1 aliphatic carbocycles. The first-order valence-corrected chi connectivity index (χ1v) is 5.67. The first-order chi connectivity index (χ1) is 6.76. The third-order valence-corrected chi connectivity index (χ3v) is 3.19. The number of rotatable bonds is 5. The molecule has 0 radical (unpaired) electrons. The Kier molecular flexibility index (Phi) is 4.85. The third-order valence-electron chi connectivity index (χ3n) is 3.19. The van der Waals surface area contributed by atoms with E-state index in [4.69, 9.17) is 4.74 Å². The van der Waals surface area contributed by atoms with Crippen LogP contribution in [0.5, 0.6) is 0 Å². The van der Waals surface area contributed by atoms with Gasteiger partial charge in [-0.05, 0) is 39.2 Å². The number of hydrogen-bond acceptors (Lipinski definition) is 3. The molecule has 1 saturated carbocycles. The SMILES string of the molecule is CCCOC1CCCC(CO)(NC)C1. The van der Waals surface area contributed by atoms with Gasteiger partial charge in [0.2, 0.25) is 0 Å². The summed E-state index contributed by atoms with van der Waals surface area (Å²) in [4.78, 5) is 0. The first kappa shape index (κ1) is 12.0. The molecule has 2 atom stereocenters. The molecular formula is C11H23NO2. The molecule has 1 aliphatic rings. The summed E-state index contributed by atoms with van der Waals surface area (Å²) in [6.45, 7) is 3.19. The maximum Gasteiger partial charge on any atom is 0.0614 e. The molecule has 0 bridgehead atoms. The highest BCUT2D eigenvalue weighted by Gasteiger charge is 2.34. The second-order valence-corrected chi connectivity index (χ2v) is 4.28. The largest absolute Gasteiger partial charge is 0.394 e. The average Bonchev–Trinajstić information content (AvgIpc) is 2.26. The van der Waals surface area contributed by atoms with Crippen molar-refractivity contribution >= 4 is 0 Å². The van der Waals surface area contributed by atoms with E-state index in [0.29, 0.717) is 6.10 Å². The van der Waals surface area contributed by atoms with Gasteiger partial charge in [-0.3, -0.25) is 0 Å². The van der Waals surface area contributed by atoms with Gasteiger partial charge in [0.05, 0.1) is 12.7 Å². The van der Waals surface area contributed by atoms with Crippen LogP contribution in [0.1, 0.15) is 39.0 Å². The second-order valence-electron chi connectivity index (χ2n) is 4.28. The summed E-state index contributed by atoms with van der Waals surface area (Å²) in [6, 6.07) is 0. The molecule has 3 nitrogen and oxygen atoms in total. The molecule has 0 aliphatic heterocycles. The summed E-state index contributed by atoms with van der Waals surface area (Å²) in [5, 5.41) is 12.6. The fourth-order valence-corrected chi connectivity index (χ4v) is 2.18. The lowest BCUT2D eigenvalue weighted by atomic mass is 9.81. The molecule has 0 aromatic rings. The van der Waals surface area contributed by atoms with E-state index in [1.165, 1.54) is 0 Å². The first-order valence-electron chi connectivity index (χ1n) is 5.67. The summed E-state index contributed by atoms with van der Waals surface area (Å²) in [5.41, 5.74) is -0.0866. The van der Waals surface area contributed by atoms with E-state index < -0.39 is 0 Å². The Labute approximate surface area is 86.8 Å². The molecule has 3 heteroatoms. The van der Waals surface area contributed by atoms with Crippen LogP contribution in [0.2, 0.25) is 0 Å². The molecule has 0 saturated heterocycles. The minimum absolute atomic E-state index is 0.0866. The lowest BCUT2D eigenvalue weighted by Gasteiger charge is -2.39. The van der Waals surface area contributed by atoms with Crippen LogP contribution in [0.3, 0.4) is 0 Å². The van der Waals surface area contributed by atoms with Crippen LogP contribution in [0.4, 0.5) is 0 Å². The Balaban J connectivity index is 2.41. The van der Waals surface area contributed by atoms with Gasteiger partial charge in [-0.15, -0.1) is 0 Å². The zero-order valence-electron chi connectivity index (χ0n) is 9.38. The lowest BCUT2D eigenvalue weighted by molar-refractivity contribution is -0.0134. The molecule has 0 amide bonds. The Morgan fingerprint density at radius 1 is 1.57 bits per heavy atom. The summed E-state index contributed by atoms with van der Waals surface area (Å²) < 4.78 is 5.74. The van der Waals surface area contributed by atoms with E-state index >= 15 is 0 Å². The van der Waals surface area contributed by atoms with Crippen molar-refractivity contribution in [1.29, 1.82) is 0 Å². The fraction of sp³-hybridized carbons (Fsp3) is 1.00. The van der Waals surface area contributed by atoms with Crippen molar-refractivity contribution < 1.29 is 9.84 Å². The van der Waals surface area contributed by atoms with E-state index in [-0.39, 0.29) is 12.1 Å². The van der Waals surface area contributed by atoms with E-state index in [9.17, 15) is 5.11 Å². The minimum atomic E-state index is -0.0866. The van der Waals surface area contributed by atoms with Crippen molar-refractivity contribution in [3.05, 3.63) is 0 Å². The topological polar surface area (TPSA) is 41.5 Å². The number of ether oxygens (including phenoxy) is 1. The predicted molar refractivity (Wildman–Crippen MR) is 57.4 cm³/mol. The van der Waals surface area contributed by atoms with E-state index in [0.717, 1.165) is 38.7 Å². The number of likely N-dealkylation sites (N-methyl/N-ethyl adjacent to an activating group) is 1. The van der Waals surface area contributed by atoms with Crippen LogP contribution < -0.4 is 5.32 Å². The van der Waals surface area contributed by atoms with Gasteiger partial charge in [0, 0.05) is 12.1 Å². The van der Waals surface area contributed by atoms with Crippen LogP contribution in [0.25, 0.3) is 0 Å². The Morgan fingerprint density at radius 3 is 2.93 bits per heavy atom. The summed E-state index contributed by atoms with van der Waals surface area (Å²) >= 11 is 0. The maximum absolute atomic E-state index is 9.37. The summed E-state index contributed by atoms with van der Waals surface area (Å²) in [6.07, 6.45) is 5.70. The number of hydrogen-bond donors (Lipinski definition) is 2. The van der Waals surface area contributed by atoms with Crippen molar-refractivity contribution in [3.63, 3.8) is 0 Å². The molecule has 1 fully saturated rings. The van der Waals surface area contributed by atoms with Gasteiger partial charge in [0.1, 0.15) is 0 Å². The molecular weight excluding hydrogens is 178 g/mol. The average molecular weight is 201 g/mol. The Hall–Kier alpha value is -0.120. The number of aliphatic hydroxyl groups excluding tert-OH is 1. The van der Waals surface area contributed by atoms with Crippen LogP contribution in [0.15, 0.2) is 0 Å². The van der Waals surface area contributed by atoms with Crippen molar-refractivity contribution in [2.75, 3.05) is 20.3 Å². The normalized spacial score (nSPS) is 33.2. The predicted octanol–water partition coefficient (Wildman–Crippen LogP) is 1.31. The second kappa shape index (κ2) is 5.69. The van der Waals surface area contributed by atoms with Gasteiger partial charge < -0.3 is 15.2 Å². The molecule has 0 aromatic carbocycles.